The Kier molecular flexibility index (Phi) is 6.70. The first kappa shape index (κ1) is 18.8. The fraction of sp³-hybridized carbons (Fsp3) is 0.200. The van der Waals surface area contributed by atoms with Gasteiger partial charge in [-0.1, -0.05) is 29.8 Å². The van der Waals surface area contributed by atoms with Crippen LogP contribution in [0.2, 0.25) is 5.02 Å². The van der Waals surface area contributed by atoms with Crippen LogP contribution in [-0.2, 0) is 20.7 Å². The van der Waals surface area contributed by atoms with E-state index >= 15 is 0 Å². The van der Waals surface area contributed by atoms with Gasteiger partial charge in [0.2, 0.25) is 5.88 Å². The van der Waals surface area contributed by atoms with Gasteiger partial charge in [-0.15, -0.1) is 0 Å². The molecule has 0 atom stereocenters. The van der Waals surface area contributed by atoms with Crippen LogP contribution >= 0.6 is 43.5 Å². The molecule has 2 heterocycles. The number of nitrogens with zero attached hydrogens (tertiary/aromatic N) is 3. The number of ether oxygens (including phenoxy) is 1. The van der Waals surface area contributed by atoms with E-state index in [9.17, 15) is 4.79 Å². The third-order valence-corrected chi connectivity index (χ3v) is 4.54. The van der Waals surface area contributed by atoms with Gasteiger partial charge >= 0.3 is 0 Å². The smallest absolute Gasteiger partial charge is 0.280 e. The second kappa shape index (κ2) is 8.55. The number of H-pyrrole nitrogens is 1. The van der Waals surface area contributed by atoms with E-state index in [0.29, 0.717) is 22.0 Å². The molecular weight excluding hydrogens is 463 g/mol. The number of aromatic amines is 1. The number of aromatic nitrogens is 4. The summed E-state index contributed by atoms with van der Waals surface area (Å²) in [5, 5.41) is 7.47. The lowest BCUT2D eigenvalue weighted by atomic mass is 10.2. The van der Waals surface area contributed by atoms with Gasteiger partial charge in [0.25, 0.3) is 5.56 Å². The molecule has 0 amide bonds. The number of nitrogens with one attached hydrogen (secondary N) is 1. The van der Waals surface area contributed by atoms with E-state index in [1.165, 1.54) is 4.68 Å². The van der Waals surface area contributed by atoms with E-state index < -0.39 is 0 Å². The molecule has 0 saturated carbocycles. The van der Waals surface area contributed by atoms with E-state index in [-0.39, 0.29) is 5.56 Å². The van der Waals surface area contributed by atoms with Crippen molar-refractivity contribution in [2.75, 3.05) is 0 Å². The van der Waals surface area contributed by atoms with Crippen molar-refractivity contribution in [3.05, 3.63) is 66.5 Å². The molecule has 6 nitrogen and oxygen atoms in total. The van der Waals surface area contributed by atoms with Gasteiger partial charge in [-0.25, -0.2) is 4.68 Å². The van der Waals surface area contributed by atoms with Crippen molar-refractivity contribution >= 4 is 43.5 Å². The molecule has 128 valence electrons. The molecule has 24 heavy (non-hydrogen) atoms. The van der Waals surface area contributed by atoms with Gasteiger partial charge in [-0.2, -0.15) is 5.10 Å². The Morgan fingerprint density at radius 3 is 2.42 bits per heavy atom. The van der Waals surface area contributed by atoms with Crippen LogP contribution in [0.5, 0.6) is 5.88 Å². The largest absolute Gasteiger partial charge is 0.472 e. The molecule has 3 rings (SSSR count). The molecule has 0 spiro atoms. The Morgan fingerprint density at radius 1 is 1.25 bits per heavy atom. The first-order valence-corrected chi connectivity index (χ1v) is 8.80. The third kappa shape index (κ3) is 4.75. The summed E-state index contributed by atoms with van der Waals surface area (Å²) in [6, 6.07) is 7.61. The highest BCUT2D eigenvalue weighted by molar-refractivity contribution is 9.10. The van der Waals surface area contributed by atoms with Crippen molar-refractivity contribution in [1.29, 1.82) is 0 Å². The molecule has 3 aromatic rings. The Balaban J connectivity index is 0.000000219. The Hall–Kier alpha value is -1.51. The maximum Gasteiger partial charge on any atom is 0.280 e. The van der Waals surface area contributed by atoms with Crippen LogP contribution in [0, 0.1) is 0 Å². The van der Waals surface area contributed by atoms with Gasteiger partial charge < -0.3 is 9.84 Å². The minimum absolute atomic E-state index is 0.0370. The highest BCUT2D eigenvalue weighted by Gasteiger charge is 2.08. The van der Waals surface area contributed by atoms with Crippen LogP contribution in [0.4, 0.5) is 0 Å². The van der Waals surface area contributed by atoms with Crippen molar-refractivity contribution in [2.45, 2.75) is 6.61 Å². The number of hydrogen-bond donors (Lipinski definition) is 1. The maximum atomic E-state index is 10.7. The Labute approximate surface area is 160 Å². The summed E-state index contributed by atoms with van der Waals surface area (Å²) in [4.78, 5) is 10.7. The molecule has 9 heteroatoms. The number of hydrogen-bond acceptors (Lipinski definition) is 3. The highest BCUT2D eigenvalue weighted by atomic mass is 79.9. The minimum Gasteiger partial charge on any atom is -0.472 e. The topological polar surface area (TPSA) is 64.8 Å². The molecule has 0 unspecified atom stereocenters. The molecule has 1 aromatic carbocycles. The summed E-state index contributed by atoms with van der Waals surface area (Å²) < 4.78 is 10.1. The monoisotopic (exact) mass is 476 g/mol. The van der Waals surface area contributed by atoms with Gasteiger partial charge in [-0.3, -0.25) is 9.48 Å². The van der Waals surface area contributed by atoms with Crippen LogP contribution in [-0.4, -0.2) is 19.6 Å². The quantitative estimate of drug-likeness (QED) is 0.621. The molecule has 0 bridgehead atoms. The zero-order chi connectivity index (χ0) is 17.7. The van der Waals surface area contributed by atoms with E-state index in [1.54, 1.807) is 24.1 Å². The third-order valence-electron chi connectivity index (χ3n) is 3.06. The Bertz CT molecular complexity index is 830. The fourth-order valence-corrected chi connectivity index (χ4v) is 2.78. The SMILES string of the molecule is Cn1[nH]cc(Br)c1=O.Cn1ncc(Br)c1OCc1ccccc1Cl. The van der Waals surface area contributed by atoms with E-state index in [1.807, 2.05) is 31.3 Å². The van der Waals surface area contributed by atoms with Gasteiger partial charge in [0.1, 0.15) is 11.1 Å². The van der Waals surface area contributed by atoms with E-state index in [0.717, 1.165) is 10.0 Å². The standard InChI is InChI=1S/C11H10BrClN2O.C4H5BrN2O/c1-15-11(9(12)6-14-15)16-7-8-4-2-3-5-10(8)13;1-7-4(8)3(5)2-6-7/h2-6H,7H2,1H3;2,6H,1H3. The molecule has 0 radical (unpaired) electrons. The number of aryl methyl sites for hydroxylation is 2. The lowest BCUT2D eigenvalue weighted by molar-refractivity contribution is 0.277. The molecule has 2 aromatic heterocycles. The van der Waals surface area contributed by atoms with Crippen molar-refractivity contribution in [3.8, 4) is 5.88 Å². The van der Waals surface area contributed by atoms with Gasteiger partial charge in [-0.05, 0) is 37.9 Å². The van der Waals surface area contributed by atoms with Crippen LogP contribution in [0.3, 0.4) is 0 Å². The molecule has 0 aliphatic heterocycles. The zero-order valence-corrected chi connectivity index (χ0v) is 16.9. The van der Waals surface area contributed by atoms with Crippen LogP contribution in [0.15, 0.2) is 50.4 Å². The minimum atomic E-state index is -0.0370. The lowest BCUT2D eigenvalue weighted by Crippen LogP contribution is -2.11. The van der Waals surface area contributed by atoms with Gasteiger partial charge in [0.05, 0.1) is 10.7 Å². The zero-order valence-electron chi connectivity index (χ0n) is 13.0. The number of benzene rings is 1. The molecule has 0 aliphatic rings. The van der Waals surface area contributed by atoms with Crippen molar-refractivity contribution in [1.82, 2.24) is 19.6 Å². The fourth-order valence-electron chi connectivity index (χ4n) is 1.76. The van der Waals surface area contributed by atoms with E-state index in [2.05, 4.69) is 42.1 Å². The van der Waals surface area contributed by atoms with Crippen LogP contribution in [0.1, 0.15) is 5.56 Å². The van der Waals surface area contributed by atoms with Gasteiger partial charge in [0, 0.05) is 30.9 Å². The number of rotatable bonds is 3. The summed E-state index contributed by atoms with van der Waals surface area (Å²) >= 11 is 12.4. The van der Waals surface area contributed by atoms with Crippen LogP contribution < -0.4 is 10.3 Å². The Morgan fingerprint density at radius 2 is 1.96 bits per heavy atom. The summed E-state index contributed by atoms with van der Waals surface area (Å²) in [6.45, 7) is 0.428. The van der Waals surface area contributed by atoms with Crippen molar-refractivity contribution < 1.29 is 4.74 Å². The number of halogens is 3. The second-order valence-electron chi connectivity index (χ2n) is 4.79. The normalized spacial score (nSPS) is 10.2. The predicted octanol–water partition coefficient (Wildman–Crippen LogP) is 3.89. The molecule has 0 fully saturated rings. The lowest BCUT2D eigenvalue weighted by Gasteiger charge is -2.08. The first-order chi connectivity index (χ1) is 11.4. The van der Waals surface area contributed by atoms with Crippen molar-refractivity contribution in [2.24, 2.45) is 14.1 Å². The van der Waals surface area contributed by atoms with Gasteiger partial charge in [0.15, 0.2) is 0 Å². The summed E-state index contributed by atoms with van der Waals surface area (Å²) in [6.07, 6.45) is 3.30. The van der Waals surface area contributed by atoms with Crippen LogP contribution in [0.25, 0.3) is 0 Å². The molecule has 1 N–H and O–H groups in total. The summed E-state index contributed by atoms with van der Waals surface area (Å²) in [5.41, 5.74) is 0.919. The molecule has 0 saturated heterocycles. The second-order valence-corrected chi connectivity index (χ2v) is 6.90. The highest BCUT2D eigenvalue weighted by Crippen LogP contribution is 2.25. The van der Waals surface area contributed by atoms with Crippen molar-refractivity contribution in [3.63, 3.8) is 0 Å². The molecule has 0 aliphatic carbocycles. The average molecular weight is 479 g/mol. The molecular formula is C15H15Br2ClN4O2. The summed E-state index contributed by atoms with van der Waals surface area (Å²) in [7, 11) is 3.49. The average Bonchev–Trinajstić information content (AvgIpc) is 3.04. The van der Waals surface area contributed by atoms with E-state index in [4.69, 9.17) is 16.3 Å². The first-order valence-electron chi connectivity index (χ1n) is 6.83. The maximum absolute atomic E-state index is 10.7. The summed E-state index contributed by atoms with van der Waals surface area (Å²) in [5.74, 6) is 0.694. The predicted molar refractivity (Wildman–Crippen MR) is 100 cm³/mol.